The number of benzene rings is 2. The van der Waals surface area contributed by atoms with Crippen molar-refractivity contribution < 1.29 is 22.7 Å². The zero-order chi connectivity index (χ0) is 23.3. The maximum absolute atomic E-state index is 12.7. The van der Waals surface area contributed by atoms with Crippen LogP contribution >= 0.6 is 0 Å². The summed E-state index contributed by atoms with van der Waals surface area (Å²) in [4.78, 5) is 24.5. The average molecular weight is 456 g/mol. The van der Waals surface area contributed by atoms with Gasteiger partial charge in [-0.25, -0.2) is 14.8 Å². The third kappa shape index (κ3) is 6.29. The standard InChI is InChI=1S/C24H23F3N4O2/c25-24(26,27)20-5-1-18(2-6-20)15-19-3-7-22(8-4-19)33-23(32)31-13-11-30(12-14-31)16-21-9-10-28-17-29-21/h1-10,17H,11-16H2. The number of piperazine rings is 1. The largest absolute Gasteiger partial charge is 0.416 e. The van der Waals surface area contributed by atoms with Gasteiger partial charge in [-0.1, -0.05) is 24.3 Å². The highest BCUT2D eigenvalue weighted by Crippen LogP contribution is 2.29. The lowest BCUT2D eigenvalue weighted by Gasteiger charge is -2.33. The third-order valence-corrected chi connectivity index (χ3v) is 5.48. The number of nitrogens with zero attached hydrogens (tertiary/aromatic N) is 4. The van der Waals surface area contributed by atoms with Crippen LogP contribution in [0.4, 0.5) is 18.0 Å². The fourth-order valence-electron chi connectivity index (χ4n) is 3.62. The fourth-order valence-corrected chi connectivity index (χ4v) is 3.62. The first-order valence-electron chi connectivity index (χ1n) is 10.6. The molecule has 1 amide bonds. The lowest BCUT2D eigenvalue weighted by Crippen LogP contribution is -2.49. The Labute approximate surface area is 189 Å². The van der Waals surface area contributed by atoms with E-state index in [0.717, 1.165) is 42.0 Å². The van der Waals surface area contributed by atoms with Crippen LogP contribution in [0.3, 0.4) is 0 Å². The van der Waals surface area contributed by atoms with Crippen molar-refractivity contribution in [3.8, 4) is 5.75 Å². The number of amides is 1. The molecule has 4 rings (SSSR count). The van der Waals surface area contributed by atoms with Crippen molar-refractivity contribution in [3.05, 3.63) is 89.5 Å². The van der Waals surface area contributed by atoms with E-state index in [9.17, 15) is 18.0 Å². The molecule has 0 aliphatic carbocycles. The van der Waals surface area contributed by atoms with E-state index < -0.39 is 17.8 Å². The summed E-state index contributed by atoms with van der Waals surface area (Å²) in [7, 11) is 0. The first-order valence-corrected chi connectivity index (χ1v) is 10.6. The molecule has 0 radical (unpaired) electrons. The van der Waals surface area contributed by atoms with E-state index in [-0.39, 0.29) is 0 Å². The number of halogens is 3. The SMILES string of the molecule is O=C(Oc1ccc(Cc2ccc(C(F)(F)F)cc2)cc1)N1CCN(Cc2ccncn2)CC1. The van der Waals surface area contributed by atoms with Crippen molar-refractivity contribution in [1.29, 1.82) is 0 Å². The number of hydrogen-bond donors (Lipinski definition) is 0. The molecule has 2 aromatic carbocycles. The predicted molar refractivity (Wildman–Crippen MR) is 116 cm³/mol. The molecule has 0 bridgehead atoms. The molecule has 0 atom stereocenters. The molecule has 1 saturated heterocycles. The van der Waals surface area contributed by atoms with Gasteiger partial charge in [0, 0.05) is 38.9 Å². The summed E-state index contributed by atoms with van der Waals surface area (Å²) in [6.07, 6.45) is -1.01. The summed E-state index contributed by atoms with van der Waals surface area (Å²) in [6, 6.07) is 14.0. The average Bonchev–Trinajstić information content (AvgIpc) is 2.81. The van der Waals surface area contributed by atoms with E-state index in [1.807, 2.05) is 6.07 Å². The van der Waals surface area contributed by atoms with Crippen LogP contribution in [0, 0.1) is 0 Å². The monoisotopic (exact) mass is 456 g/mol. The van der Waals surface area contributed by atoms with Gasteiger partial charge in [-0.15, -0.1) is 0 Å². The molecule has 0 unspecified atom stereocenters. The van der Waals surface area contributed by atoms with E-state index in [4.69, 9.17) is 4.74 Å². The van der Waals surface area contributed by atoms with Gasteiger partial charge < -0.3 is 9.64 Å². The maximum atomic E-state index is 12.7. The Balaban J connectivity index is 1.25. The number of alkyl halides is 3. The Morgan fingerprint density at radius 3 is 2.12 bits per heavy atom. The van der Waals surface area contributed by atoms with Gasteiger partial charge in [-0.05, 0) is 47.9 Å². The third-order valence-electron chi connectivity index (χ3n) is 5.48. The van der Waals surface area contributed by atoms with Gasteiger partial charge in [0.15, 0.2) is 0 Å². The summed E-state index contributed by atoms with van der Waals surface area (Å²) in [5.74, 6) is 0.430. The predicted octanol–water partition coefficient (Wildman–Crippen LogP) is 4.40. The lowest BCUT2D eigenvalue weighted by molar-refractivity contribution is -0.137. The first kappa shape index (κ1) is 22.7. The van der Waals surface area contributed by atoms with Crippen LogP contribution in [0.5, 0.6) is 5.75 Å². The Morgan fingerprint density at radius 1 is 0.909 bits per heavy atom. The molecule has 9 heteroatoms. The maximum Gasteiger partial charge on any atom is 0.416 e. The van der Waals surface area contributed by atoms with Crippen molar-refractivity contribution in [1.82, 2.24) is 19.8 Å². The van der Waals surface area contributed by atoms with Crippen molar-refractivity contribution >= 4 is 6.09 Å². The number of rotatable bonds is 5. The first-order chi connectivity index (χ1) is 15.9. The summed E-state index contributed by atoms with van der Waals surface area (Å²) in [6.45, 7) is 3.30. The fraction of sp³-hybridized carbons (Fsp3) is 0.292. The van der Waals surface area contributed by atoms with E-state index in [1.54, 1.807) is 35.4 Å². The highest BCUT2D eigenvalue weighted by molar-refractivity contribution is 5.70. The Kier molecular flexibility index (Phi) is 6.88. The highest BCUT2D eigenvalue weighted by Gasteiger charge is 2.30. The minimum atomic E-state index is -4.34. The topological polar surface area (TPSA) is 58.6 Å². The summed E-state index contributed by atoms with van der Waals surface area (Å²) < 4.78 is 43.5. The number of hydrogen-bond acceptors (Lipinski definition) is 5. The summed E-state index contributed by atoms with van der Waals surface area (Å²) >= 11 is 0. The normalized spacial score (nSPS) is 14.8. The van der Waals surface area contributed by atoms with Crippen LogP contribution in [0.25, 0.3) is 0 Å². The summed E-state index contributed by atoms with van der Waals surface area (Å²) in [5, 5.41) is 0. The second kappa shape index (κ2) is 9.99. The smallest absolute Gasteiger partial charge is 0.410 e. The van der Waals surface area contributed by atoms with Gasteiger partial charge in [0.05, 0.1) is 11.3 Å². The minimum absolute atomic E-state index is 0.396. The molecule has 172 valence electrons. The van der Waals surface area contributed by atoms with Crippen molar-refractivity contribution in [2.45, 2.75) is 19.1 Å². The zero-order valence-electron chi connectivity index (χ0n) is 17.8. The molecule has 0 N–H and O–H groups in total. The minimum Gasteiger partial charge on any atom is -0.410 e. The summed E-state index contributed by atoms with van der Waals surface area (Å²) in [5.41, 5.74) is 1.96. The molecule has 3 aromatic rings. The molecule has 2 heterocycles. The number of carbonyl (C=O) groups is 1. The van der Waals surface area contributed by atoms with Gasteiger partial charge >= 0.3 is 12.3 Å². The highest BCUT2D eigenvalue weighted by atomic mass is 19.4. The molecule has 6 nitrogen and oxygen atoms in total. The van der Waals surface area contributed by atoms with E-state index in [0.29, 0.717) is 31.8 Å². The van der Waals surface area contributed by atoms with Gasteiger partial charge in [0.2, 0.25) is 0 Å². The second-order valence-electron chi connectivity index (χ2n) is 7.85. The van der Waals surface area contributed by atoms with Gasteiger partial charge in [-0.3, -0.25) is 4.90 Å². The molecular weight excluding hydrogens is 433 g/mol. The quantitative estimate of drug-likeness (QED) is 0.570. The van der Waals surface area contributed by atoms with Crippen LogP contribution in [-0.4, -0.2) is 52.0 Å². The van der Waals surface area contributed by atoms with Crippen LogP contribution in [-0.2, 0) is 19.1 Å². The van der Waals surface area contributed by atoms with Crippen molar-refractivity contribution in [2.24, 2.45) is 0 Å². The molecule has 1 fully saturated rings. The Morgan fingerprint density at radius 2 is 1.55 bits per heavy atom. The molecule has 33 heavy (non-hydrogen) atoms. The van der Waals surface area contributed by atoms with E-state index in [1.165, 1.54) is 18.5 Å². The van der Waals surface area contributed by atoms with Crippen LogP contribution < -0.4 is 4.74 Å². The van der Waals surface area contributed by atoms with Gasteiger partial charge in [-0.2, -0.15) is 13.2 Å². The molecule has 1 aliphatic heterocycles. The molecular formula is C24H23F3N4O2. The second-order valence-corrected chi connectivity index (χ2v) is 7.85. The van der Waals surface area contributed by atoms with Gasteiger partial charge in [0.1, 0.15) is 12.1 Å². The van der Waals surface area contributed by atoms with Gasteiger partial charge in [0.25, 0.3) is 0 Å². The Bertz CT molecular complexity index is 1050. The molecule has 0 saturated carbocycles. The number of ether oxygens (including phenoxy) is 1. The number of carbonyl (C=O) groups excluding carboxylic acids is 1. The van der Waals surface area contributed by atoms with Crippen LogP contribution in [0.2, 0.25) is 0 Å². The van der Waals surface area contributed by atoms with Crippen molar-refractivity contribution in [2.75, 3.05) is 26.2 Å². The molecule has 1 aliphatic rings. The van der Waals surface area contributed by atoms with Crippen LogP contribution in [0.15, 0.2) is 67.1 Å². The Hall–Kier alpha value is -3.46. The zero-order valence-corrected chi connectivity index (χ0v) is 17.8. The van der Waals surface area contributed by atoms with Crippen molar-refractivity contribution in [3.63, 3.8) is 0 Å². The molecule has 1 aromatic heterocycles. The molecule has 0 spiro atoms. The lowest BCUT2D eigenvalue weighted by atomic mass is 10.0. The van der Waals surface area contributed by atoms with E-state index in [2.05, 4.69) is 14.9 Å². The van der Waals surface area contributed by atoms with E-state index >= 15 is 0 Å². The number of aromatic nitrogens is 2. The van der Waals surface area contributed by atoms with Crippen LogP contribution in [0.1, 0.15) is 22.4 Å².